The Morgan fingerprint density at radius 1 is 1.42 bits per heavy atom. The van der Waals surface area contributed by atoms with Crippen molar-refractivity contribution in [1.29, 1.82) is 0 Å². The Balaban J connectivity index is 1.64. The lowest BCUT2D eigenvalue weighted by Gasteiger charge is -2.05. The molecule has 19 heavy (non-hydrogen) atoms. The zero-order valence-electron chi connectivity index (χ0n) is 10.7. The minimum atomic E-state index is -0.236. The molecule has 1 aromatic carbocycles. The number of rotatable bonds is 6. The van der Waals surface area contributed by atoms with Crippen molar-refractivity contribution in [2.24, 2.45) is 5.92 Å². The molecule has 1 fully saturated rings. The quantitative estimate of drug-likeness (QED) is 0.646. The molecule has 0 aliphatic heterocycles. The molecule has 0 bridgehead atoms. The summed E-state index contributed by atoms with van der Waals surface area (Å²) >= 11 is 5.27. The predicted molar refractivity (Wildman–Crippen MR) is 75.2 cm³/mol. The third-order valence-corrected chi connectivity index (χ3v) is 3.78. The second-order valence-corrected chi connectivity index (χ2v) is 5.50. The number of ether oxygens (including phenoxy) is 1. The van der Waals surface area contributed by atoms with Crippen molar-refractivity contribution in [3.8, 4) is 0 Å². The lowest BCUT2D eigenvalue weighted by molar-refractivity contribution is 0.119. The zero-order valence-corrected chi connectivity index (χ0v) is 11.5. The van der Waals surface area contributed by atoms with Gasteiger partial charge in [0.25, 0.3) is 0 Å². The van der Waals surface area contributed by atoms with Crippen LogP contribution in [0.15, 0.2) is 18.2 Å². The standard InChI is InChI=1S/C14H17FN2OS/c15-11-4-5-12-13(8-11)17(14(19)16-12)6-1-7-18-9-10-2-3-10/h4-5,8,10H,1-3,6-7,9H2,(H,16,19). The number of hydrogen-bond donors (Lipinski definition) is 1. The van der Waals surface area contributed by atoms with Crippen molar-refractivity contribution in [1.82, 2.24) is 9.55 Å². The number of nitrogens with one attached hydrogen (secondary N) is 1. The van der Waals surface area contributed by atoms with Crippen LogP contribution in [0.5, 0.6) is 0 Å². The number of imidazole rings is 1. The predicted octanol–water partition coefficient (Wildman–Crippen LogP) is 3.65. The van der Waals surface area contributed by atoms with Gasteiger partial charge in [-0.1, -0.05) is 0 Å². The molecule has 1 saturated carbocycles. The fraction of sp³-hybridized carbons (Fsp3) is 0.500. The fourth-order valence-corrected chi connectivity index (χ4v) is 2.51. The highest BCUT2D eigenvalue weighted by atomic mass is 32.1. The monoisotopic (exact) mass is 280 g/mol. The molecule has 2 aromatic rings. The van der Waals surface area contributed by atoms with E-state index in [-0.39, 0.29) is 5.82 Å². The van der Waals surface area contributed by atoms with E-state index in [0.29, 0.717) is 4.77 Å². The van der Waals surface area contributed by atoms with Gasteiger partial charge in [0.2, 0.25) is 0 Å². The Morgan fingerprint density at radius 2 is 2.26 bits per heavy atom. The highest BCUT2D eigenvalue weighted by molar-refractivity contribution is 7.71. The lowest BCUT2D eigenvalue weighted by atomic mass is 10.3. The van der Waals surface area contributed by atoms with Crippen LogP contribution >= 0.6 is 12.2 Å². The Bertz CT molecular complexity index is 630. The number of halogens is 1. The molecule has 0 amide bonds. The minimum absolute atomic E-state index is 0.236. The van der Waals surface area contributed by atoms with E-state index in [9.17, 15) is 4.39 Å². The molecular formula is C14H17FN2OS. The maximum absolute atomic E-state index is 13.3. The average Bonchev–Trinajstić information content (AvgIpc) is 3.15. The highest BCUT2D eigenvalue weighted by Crippen LogP contribution is 2.28. The van der Waals surface area contributed by atoms with Gasteiger partial charge in [-0.25, -0.2) is 4.39 Å². The van der Waals surface area contributed by atoms with Gasteiger partial charge < -0.3 is 14.3 Å². The molecule has 3 rings (SSSR count). The minimum Gasteiger partial charge on any atom is -0.381 e. The molecule has 102 valence electrons. The Kier molecular flexibility index (Phi) is 3.66. The average molecular weight is 280 g/mol. The van der Waals surface area contributed by atoms with Gasteiger partial charge in [0.05, 0.1) is 11.0 Å². The van der Waals surface area contributed by atoms with Gasteiger partial charge in [0.15, 0.2) is 4.77 Å². The van der Waals surface area contributed by atoms with Crippen LogP contribution in [0.1, 0.15) is 19.3 Å². The molecule has 0 radical (unpaired) electrons. The van der Waals surface area contributed by atoms with E-state index >= 15 is 0 Å². The van der Waals surface area contributed by atoms with Crippen LogP contribution in [-0.4, -0.2) is 22.8 Å². The van der Waals surface area contributed by atoms with Crippen molar-refractivity contribution in [3.63, 3.8) is 0 Å². The summed E-state index contributed by atoms with van der Waals surface area (Å²) in [5.41, 5.74) is 1.71. The second kappa shape index (κ2) is 5.43. The summed E-state index contributed by atoms with van der Waals surface area (Å²) < 4.78 is 21.5. The lowest BCUT2D eigenvalue weighted by Crippen LogP contribution is -2.04. The summed E-state index contributed by atoms with van der Waals surface area (Å²) in [5, 5.41) is 0. The number of benzene rings is 1. The first-order valence-corrected chi connectivity index (χ1v) is 7.10. The number of aromatic amines is 1. The maximum Gasteiger partial charge on any atom is 0.178 e. The Morgan fingerprint density at radius 3 is 3.05 bits per heavy atom. The molecular weight excluding hydrogens is 263 g/mol. The number of nitrogens with zero attached hydrogens (tertiary/aromatic N) is 1. The van der Waals surface area contributed by atoms with Gasteiger partial charge in [-0.15, -0.1) is 0 Å². The maximum atomic E-state index is 13.3. The summed E-state index contributed by atoms with van der Waals surface area (Å²) in [6.07, 6.45) is 3.52. The van der Waals surface area contributed by atoms with E-state index in [0.717, 1.165) is 43.1 Å². The molecule has 1 heterocycles. The van der Waals surface area contributed by atoms with Crippen molar-refractivity contribution < 1.29 is 9.13 Å². The van der Waals surface area contributed by atoms with Crippen LogP contribution in [0.25, 0.3) is 11.0 Å². The van der Waals surface area contributed by atoms with Crippen LogP contribution < -0.4 is 0 Å². The molecule has 0 unspecified atom stereocenters. The van der Waals surface area contributed by atoms with Crippen LogP contribution in [0.2, 0.25) is 0 Å². The van der Waals surface area contributed by atoms with Gasteiger partial charge in [0, 0.05) is 19.8 Å². The number of aromatic nitrogens is 2. The third-order valence-electron chi connectivity index (χ3n) is 3.46. The molecule has 5 heteroatoms. The summed E-state index contributed by atoms with van der Waals surface area (Å²) in [5.74, 6) is 0.560. The van der Waals surface area contributed by atoms with Gasteiger partial charge >= 0.3 is 0 Å². The Labute approximate surface area is 116 Å². The zero-order chi connectivity index (χ0) is 13.2. The van der Waals surface area contributed by atoms with E-state index in [1.165, 1.54) is 25.0 Å². The number of aryl methyl sites for hydroxylation is 1. The first kappa shape index (κ1) is 12.8. The molecule has 1 aliphatic carbocycles. The first-order chi connectivity index (χ1) is 9.24. The van der Waals surface area contributed by atoms with Crippen LogP contribution in [0.4, 0.5) is 4.39 Å². The van der Waals surface area contributed by atoms with Crippen molar-refractivity contribution in [2.75, 3.05) is 13.2 Å². The van der Waals surface area contributed by atoms with E-state index in [4.69, 9.17) is 17.0 Å². The van der Waals surface area contributed by atoms with Gasteiger partial charge in [-0.05, 0) is 55.6 Å². The Hall–Kier alpha value is -1.20. The van der Waals surface area contributed by atoms with Crippen LogP contribution in [0, 0.1) is 16.5 Å². The normalized spacial score (nSPS) is 15.2. The first-order valence-electron chi connectivity index (χ1n) is 6.70. The molecule has 0 spiro atoms. The molecule has 0 saturated heterocycles. The molecule has 1 aromatic heterocycles. The molecule has 1 aliphatic rings. The van der Waals surface area contributed by atoms with Crippen molar-refractivity contribution in [3.05, 3.63) is 28.8 Å². The summed E-state index contributed by atoms with van der Waals surface area (Å²) in [6.45, 7) is 2.38. The van der Waals surface area contributed by atoms with E-state index in [1.54, 1.807) is 6.07 Å². The molecule has 0 atom stereocenters. The third kappa shape index (κ3) is 3.04. The summed E-state index contributed by atoms with van der Waals surface area (Å²) in [6, 6.07) is 4.68. The SMILES string of the molecule is Fc1ccc2[nH]c(=S)n(CCCOCC3CC3)c2c1. The van der Waals surface area contributed by atoms with E-state index < -0.39 is 0 Å². The smallest absolute Gasteiger partial charge is 0.178 e. The van der Waals surface area contributed by atoms with Crippen LogP contribution in [-0.2, 0) is 11.3 Å². The van der Waals surface area contributed by atoms with Gasteiger partial charge in [-0.3, -0.25) is 0 Å². The number of hydrogen-bond acceptors (Lipinski definition) is 2. The van der Waals surface area contributed by atoms with Gasteiger partial charge in [-0.2, -0.15) is 0 Å². The highest BCUT2D eigenvalue weighted by Gasteiger charge is 2.20. The van der Waals surface area contributed by atoms with Crippen molar-refractivity contribution in [2.45, 2.75) is 25.8 Å². The molecule has 1 N–H and O–H groups in total. The van der Waals surface area contributed by atoms with E-state index in [1.807, 2.05) is 4.57 Å². The second-order valence-electron chi connectivity index (χ2n) is 5.12. The fourth-order valence-electron chi connectivity index (χ4n) is 2.21. The summed E-state index contributed by atoms with van der Waals surface area (Å²) in [4.78, 5) is 3.09. The van der Waals surface area contributed by atoms with Gasteiger partial charge in [0.1, 0.15) is 5.82 Å². The number of fused-ring (bicyclic) bond motifs is 1. The largest absolute Gasteiger partial charge is 0.381 e. The van der Waals surface area contributed by atoms with Crippen LogP contribution in [0.3, 0.4) is 0 Å². The van der Waals surface area contributed by atoms with Crippen molar-refractivity contribution >= 4 is 23.3 Å². The van der Waals surface area contributed by atoms with E-state index in [2.05, 4.69) is 4.98 Å². The topological polar surface area (TPSA) is 29.9 Å². The number of H-pyrrole nitrogens is 1. The summed E-state index contributed by atoms with van der Waals surface area (Å²) in [7, 11) is 0. The molecule has 3 nitrogen and oxygen atoms in total.